The number of hydrogen-bond donors (Lipinski definition) is 0. The van der Waals surface area contributed by atoms with Gasteiger partial charge in [0, 0.05) is 10.8 Å². The van der Waals surface area contributed by atoms with Crippen LogP contribution in [0, 0.1) is 0 Å². The summed E-state index contributed by atoms with van der Waals surface area (Å²) in [6.45, 7) is 0.474. The van der Waals surface area contributed by atoms with E-state index in [9.17, 15) is 4.79 Å². The second-order valence-corrected chi connectivity index (χ2v) is 8.01. The molecule has 0 unspecified atom stereocenters. The van der Waals surface area contributed by atoms with Gasteiger partial charge in [-0.2, -0.15) is 0 Å². The highest BCUT2D eigenvalue weighted by atomic mass is 35.5. The van der Waals surface area contributed by atoms with Gasteiger partial charge in [-0.1, -0.05) is 78.0 Å². The first-order valence-electron chi connectivity index (χ1n) is 9.11. The summed E-state index contributed by atoms with van der Waals surface area (Å²) >= 11 is 7.62. The Hall–Kier alpha value is -2.56. The van der Waals surface area contributed by atoms with E-state index in [0.29, 0.717) is 17.0 Å². The lowest BCUT2D eigenvalue weighted by molar-refractivity contribution is 0.658. The summed E-state index contributed by atoms with van der Waals surface area (Å²) in [5, 5.41) is 2.07. The lowest BCUT2D eigenvalue weighted by atomic mass is 10.2. The fourth-order valence-electron chi connectivity index (χ4n) is 3.07. The molecule has 5 heteroatoms. The number of benzene rings is 3. The molecule has 0 aliphatic rings. The summed E-state index contributed by atoms with van der Waals surface area (Å²) in [7, 11) is 0. The maximum Gasteiger partial charge on any atom is 0.262 e. The lowest BCUT2D eigenvalue weighted by Crippen LogP contribution is -2.24. The number of aryl methyl sites for hydroxylation is 1. The molecule has 3 aromatic carbocycles. The van der Waals surface area contributed by atoms with Crippen LogP contribution in [-0.4, -0.2) is 15.3 Å². The minimum Gasteiger partial charge on any atom is -0.283 e. The van der Waals surface area contributed by atoms with Gasteiger partial charge >= 0.3 is 0 Å². The van der Waals surface area contributed by atoms with Crippen molar-refractivity contribution in [3.05, 3.63) is 105 Å². The molecule has 0 N–H and O–H groups in total. The van der Waals surface area contributed by atoms with Gasteiger partial charge in [0.1, 0.15) is 0 Å². The number of aromatic nitrogens is 2. The summed E-state index contributed by atoms with van der Waals surface area (Å²) in [6.07, 6.45) is 0.926. The predicted octanol–water partition coefficient (Wildman–Crippen LogP) is 5.43. The van der Waals surface area contributed by atoms with Crippen LogP contribution in [0.2, 0.25) is 5.02 Å². The molecule has 140 valence electrons. The molecule has 0 bridgehead atoms. The molecule has 28 heavy (non-hydrogen) atoms. The third-order valence-electron chi connectivity index (χ3n) is 4.55. The van der Waals surface area contributed by atoms with Crippen LogP contribution in [0.25, 0.3) is 10.9 Å². The van der Waals surface area contributed by atoms with E-state index in [-0.39, 0.29) is 5.56 Å². The van der Waals surface area contributed by atoms with E-state index in [0.717, 1.165) is 28.4 Å². The van der Waals surface area contributed by atoms with Crippen molar-refractivity contribution < 1.29 is 0 Å². The molecule has 0 atom stereocenters. The largest absolute Gasteiger partial charge is 0.283 e. The summed E-state index contributed by atoms with van der Waals surface area (Å²) in [4.78, 5) is 17.9. The second-order valence-electron chi connectivity index (χ2n) is 6.51. The van der Waals surface area contributed by atoms with Gasteiger partial charge in [-0.25, -0.2) is 4.98 Å². The summed E-state index contributed by atoms with van der Waals surface area (Å²) in [5.41, 5.74) is 3.03. The summed E-state index contributed by atoms with van der Waals surface area (Å²) < 4.78 is 1.77. The van der Waals surface area contributed by atoms with Crippen LogP contribution in [0.15, 0.2) is 88.8 Å². The average Bonchev–Trinajstić information content (AvgIpc) is 2.73. The van der Waals surface area contributed by atoms with Crippen LogP contribution in [0.3, 0.4) is 0 Å². The second kappa shape index (κ2) is 8.63. The minimum atomic E-state index is -0.0113. The van der Waals surface area contributed by atoms with Gasteiger partial charge in [0.05, 0.1) is 17.4 Å². The van der Waals surface area contributed by atoms with Gasteiger partial charge < -0.3 is 0 Å². The molecular formula is C23H19ClN2OS. The minimum absolute atomic E-state index is 0.0113. The summed E-state index contributed by atoms with van der Waals surface area (Å²) in [5.74, 6) is 0.857. The fourth-order valence-corrected chi connectivity index (χ4v) is 4.19. The molecule has 0 amide bonds. The first-order chi connectivity index (χ1) is 13.7. The third kappa shape index (κ3) is 4.29. The number of rotatable bonds is 6. The van der Waals surface area contributed by atoms with Crippen molar-refractivity contribution in [3.8, 4) is 0 Å². The van der Waals surface area contributed by atoms with E-state index >= 15 is 0 Å². The normalized spacial score (nSPS) is 11.0. The van der Waals surface area contributed by atoms with Crippen molar-refractivity contribution in [2.24, 2.45) is 0 Å². The Bertz CT molecular complexity index is 1140. The first kappa shape index (κ1) is 18.8. The Balaban J connectivity index is 1.66. The maximum atomic E-state index is 13.1. The number of halogens is 1. The average molecular weight is 407 g/mol. The van der Waals surface area contributed by atoms with Gasteiger partial charge in [0.2, 0.25) is 0 Å². The highest BCUT2D eigenvalue weighted by Gasteiger charge is 2.12. The predicted molar refractivity (Wildman–Crippen MR) is 117 cm³/mol. The van der Waals surface area contributed by atoms with E-state index in [1.165, 1.54) is 5.56 Å². The first-order valence-corrected chi connectivity index (χ1v) is 10.5. The topological polar surface area (TPSA) is 34.9 Å². The number of fused-ring (bicyclic) bond motifs is 1. The monoisotopic (exact) mass is 406 g/mol. The number of para-hydroxylation sites is 1. The number of hydrogen-bond acceptors (Lipinski definition) is 3. The van der Waals surface area contributed by atoms with Crippen LogP contribution in [0.1, 0.15) is 11.1 Å². The van der Waals surface area contributed by atoms with Gasteiger partial charge in [0.25, 0.3) is 5.56 Å². The van der Waals surface area contributed by atoms with Crippen LogP contribution in [0.4, 0.5) is 0 Å². The van der Waals surface area contributed by atoms with Crippen molar-refractivity contribution in [1.82, 2.24) is 9.55 Å². The molecule has 0 fully saturated rings. The Morgan fingerprint density at radius 1 is 0.857 bits per heavy atom. The molecule has 0 spiro atoms. The molecule has 0 aliphatic carbocycles. The molecule has 1 heterocycles. The molecule has 0 saturated heterocycles. The Labute approximate surface area is 173 Å². The fraction of sp³-hybridized carbons (Fsp3) is 0.130. The van der Waals surface area contributed by atoms with Gasteiger partial charge in [0.15, 0.2) is 5.16 Å². The van der Waals surface area contributed by atoms with Gasteiger partial charge in [-0.3, -0.25) is 9.36 Å². The van der Waals surface area contributed by atoms with Crippen molar-refractivity contribution in [2.45, 2.75) is 18.1 Å². The SMILES string of the molecule is O=c1c2ccccc2nc(SCCc2ccccc2)n1Cc1ccc(Cl)cc1. The lowest BCUT2D eigenvalue weighted by Gasteiger charge is -2.13. The third-order valence-corrected chi connectivity index (χ3v) is 5.78. The quantitative estimate of drug-likeness (QED) is 0.316. The highest BCUT2D eigenvalue weighted by molar-refractivity contribution is 7.99. The Morgan fingerprint density at radius 3 is 2.36 bits per heavy atom. The molecule has 0 radical (unpaired) electrons. The molecule has 3 nitrogen and oxygen atoms in total. The molecule has 4 rings (SSSR count). The van der Waals surface area contributed by atoms with Crippen LogP contribution in [0.5, 0.6) is 0 Å². The van der Waals surface area contributed by atoms with E-state index in [1.54, 1.807) is 16.3 Å². The van der Waals surface area contributed by atoms with Crippen LogP contribution in [-0.2, 0) is 13.0 Å². The molecule has 0 saturated carbocycles. The number of thioether (sulfide) groups is 1. The smallest absolute Gasteiger partial charge is 0.262 e. The zero-order valence-electron chi connectivity index (χ0n) is 15.2. The molecule has 1 aromatic heterocycles. The Morgan fingerprint density at radius 2 is 1.57 bits per heavy atom. The van der Waals surface area contributed by atoms with Crippen molar-refractivity contribution >= 4 is 34.3 Å². The molecule has 4 aromatic rings. The van der Waals surface area contributed by atoms with Crippen molar-refractivity contribution in [1.29, 1.82) is 0 Å². The Kier molecular flexibility index (Phi) is 5.79. The van der Waals surface area contributed by atoms with Crippen LogP contribution >= 0.6 is 23.4 Å². The summed E-state index contributed by atoms with van der Waals surface area (Å²) in [6, 6.07) is 25.5. The van der Waals surface area contributed by atoms with E-state index < -0.39 is 0 Å². The van der Waals surface area contributed by atoms with Gasteiger partial charge in [-0.15, -0.1) is 0 Å². The van der Waals surface area contributed by atoms with Crippen LogP contribution < -0.4 is 5.56 Å². The van der Waals surface area contributed by atoms with Gasteiger partial charge in [-0.05, 0) is 41.8 Å². The maximum absolute atomic E-state index is 13.1. The molecular weight excluding hydrogens is 388 g/mol. The number of nitrogens with zero attached hydrogens (tertiary/aromatic N) is 2. The standard InChI is InChI=1S/C23H19ClN2OS/c24-19-12-10-18(11-13-19)16-26-22(27)20-8-4-5-9-21(20)25-23(26)28-15-14-17-6-2-1-3-7-17/h1-13H,14-16H2. The van der Waals surface area contributed by atoms with E-state index in [4.69, 9.17) is 16.6 Å². The highest BCUT2D eigenvalue weighted by Crippen LogP contribution is 2.20. The zero-order chi connectivity index (χ0) is 19.3. The van der Waals surface area contributed by atoms with E-state index in [1.807, 2.05) is 66.7 Å². The van der Waals surface area contributed by atoms with E-state index in [2.05, 4.69) is 12.1 Å². The van der Waals surface area contributed by atoms with Crippen molar-refractivity contribution in [3.63, 3.8) is 0 Å². The zero-order valence-corrected chi connectivity index (χ0v) is 16.8. The molecule has 0 aliphatic heterocycles. The van der Waals surface area contributed by atoms with Crippen molar-refractivity contribution in [2.75, 3.05) is 5.75 Å².